The highest BCUT2D eigenvalue weighted by atomic mass is 32.2. The van der Waals surface area contributed by atoms with Gasteiger partial charge in [-0.3, -0.25) is 29.3 Å². The van der Waals surface area contributed by atoms with Gasteiger partial charge in [-0.05, 0) is 97.8 Å². The molecule has 0 aliphatic heterocycles. The van der Waals surface area contributed by atoms with Crippen LogP contribution in [0, 0.1) is 13.8 Å². The maximum absolute atomic E-state index is 13.0. The number of benzene rings is 6. The molecule has 0 bridgehead atoms. The van der Waals surface area contributed by atoms with E-state index in [0.29, 0.717) is 33.9 Å². The monoisotopic (exact) mass is 770 g/mol. The summed E-state index contributed by atoms with van der Waals surface area (Å²) in [5.74, 6) is -2.09. The molecule has 4 amide bonds. The number of carbonyl (C=O) groups excluding carboxylic acids is 3. The Morgan fingerprint density at radius 1 is 0.537 bits per heavy atom. The van der Waals surface area contributed by atoms with Gasteiger partial charge in [0, 0.05) is 44.0 Å². The third-order valence-electron chi connectivity index (χ3n) is 8.47. The lowest BCUT2D eigenvalue weighted by Crippen LogP contribution is -2.42. The molecule has 0 atom stereocenters. The molecule has 6 aromatic rings. The number of hydrogen-bond donors (Lipinski definition) is 8. The van der Waals surface area contributed by atoms with Crippen LogP contribution in [0.5, 0.6) is 11.5 Å². The molecule has 0 spiro atoms. The minimum absolute atomic E-state index is 0.0831. The average Bonchev–Trinajstić information content (AvgIpc) is 3.07. The summed E-state index contributed by atoms with van der Waals surface area (Å²) < 4.78 is 66.8. The van der Waals surface area contributed by atoms with Crippen molar-refractivity contribution >= 4 is 82.4 Å². The van der Waals surface area contributed by atoms with Gasteiger partial charge in [-0.1, -0.05) is 24.3 Å². The molecule has 0 aromatic heterocycles. The van der Waals surface area contributed by atoms with Crippen molar-refractivity contribution in [3.05, 3.63) is 119 Å². The van der Waals surface area contributed by atoms with Crippen LogP contribution < -0.4 is 21.3 Å². The first-order valence-corrected chi connectivity index (χ1v) is 18.7. The summed E-state index contributed by atoms with van der Waals surface area (Å²) >= 11 is 0. The lowest BCUT2D eigenvalue weighted by atomic mass is 10.1. The Labute approximate surface area is 307 Å². The Morgan fingerprint density at radius 3 is 1.28 bits per heavy atom. The van der Waals surface area contributed by atoms with Crippen LogP contribution in [0.2, 0.25) is 0 Å². The van der Waals surface area contributed by atoms with Gasteiger partial charge in [0.2, 0.25) is 0 Å². The van der Waals surface area contributed by atoms with E-state index in [1.165, 1.54) is 84.9 Å². The van der Waals surface area contributed by atoms with E-state index in [9.17, 15) is 50.5 Å². The molecule has 8 N–H and O–H groups in total. The molecule has 0 radical (unpaired) electrons. The highest BCUT2D eigenvalue weighted by Crippen LogP contribution is 2.38. The molecule has 0 saturated carbocycles. The summed E-state index contributed by atoms with van der Waals surface area (Å²) in [5, 5.41) is 31.8. The molecular weight excluding hydrogens is 741 g/mol. The minimum atomic E-state index is -4.59. The number of imide groups is 2. The van der Waals surface area contributed by atoms with E-state index in [0.717, 1.165) is 0 Å². The zero-order chi connectivity index (χ0) is 39.1. The van der Waals surface area contributed by atoms with Crippen molar-refractivity contribution in [2.45, 2.75) is 23.6 Å². The summed E-state index contributed by atoms with van der Waals surface area (Å²) in [6, 6.07) is 21.5. The largest absolute Gasteiger partial charge is 0.507 e. The van der Waals surface area contributed by atoms with Crippen LogP contribution in [-0.4, -0.2) is 54.0 Å². The Morgan fingerprint density at radius 2 is 0.926 bits per heavy atom. The van der Waals surface area contributed by atoms with Crippen LogP contribution in [0.15, 0.2) is 107 Å². The minimum Gasteiger partial charge on any atom is -0.507 e. The number of anilines is 4. The fourth-order valence-corrected chi connectivity index (χ4v) is 7.43. The van der Waals surface area contributed by atoms with Gasteiger partial charge in [-0.2, -0.15) is 16.8 Å². The Bertz CT molecular complexity index is 2600. The summed E-state index contributed by atoms with van der Waals surface area (Å²) in [7, 11) is -9.17. The van der Waals surface area contributed by atoms with Gasteiger partial charge in [0.25, 0.3) is 32.1 Å². The molecular formula is C37H30N4O11S2. The number of aryl methyl sites for hydroxylation is 2. The number of phenols is 2. The molecule has 0 aliphatic carbocycles. The smallest absolute Gasteiger partial charge is 0.328 e. The second-order valence-electron chi connectivity index (χ2n) is 12.1. The lowest BCUT2D eigenvalue weighted by molar-refractivity contribution is 0.0944. The molecule has 6 rings (SSSR count). The summed E-state index contributed by atoms with van der Waals surface area (Å²) in [5.41, 5.74) is 2.57. The molecule has 0 unspecified atom stereocenters. The van der Waals surface area contributed by atoms with Gasteiger partial charge in [0.1, 0.15) is 21.3 Å². The third kappa shape index (κ3) is 7.50. The van der Waals surface area contributed by atoms with Crippen LogP contribution in [0.3, 0.4) is 0 Å². The Balaban J connectivity index is 1.13. The zero-order valence-corrected chi connectivity index (χ0v) is 29.8. The van der Waals surface area contributed by atoms with Crippen molar-refractivity contribution in [1.82, 2.24) is 10.6 Å². The van der Waals surface area contributed by atoms with Crippen LogP contribution >= 0.6 is 0 Å². The van der Waals surface area contributed by atoms with Gasteiger partial charge in [0.15, 0.2) is 0 Å². The molecule has 0 aliphatic rings. The summed E-state index contributed by atoms with van der Waals surface area (Å²) in [6.07, 6.45) is 0. The maximum Gasteiger partial charge on any atom is 0.328 e. The summed E-state index contributed by atoms with van der Waals surface area (Å²) in [4.78, 5) is 37.9. The molecule has 17 heteroatoms. The number of amides is 4. The predicted molar refractivity (Wildman–Crippen MR) is 200 cm³/mol. The number of hydrogen-bond acceptors (Lipinski definition) is 11. The second-order valence-corrected chi connectivity index (χ2v) is 14.9. The number of aromatic hydroxyl groups is 2. The van der Waals surface area contributed by atoms with Gasteiger partial charge in [0.05, 0.1) is 11.4 Å². The van der Waals surface area contributed by atoms with E-state index >= 15 is 0 Å². The highest BCUT2D eigenvalue weighted by Gasteiger charge is 2.21. The SMILES string of the molecule is Cc1cc(Nc2ccc(S(=O)(=O)O)c3cccc(O)c23)ccc1C(=O)NC(=O)NC(=O)c1ccc(Nc2ccc(S(=O)(=O)O)c3cccc(O)c23)cc1C. The molecule has 0 saturated heterocycles. The van der Waals surface area contributed by atoms with E-state index in [1.54, 1.807) is 26.0 Å². The molecule has 276 valence electrons. The van der Waals surface area contributed by atoms with Crippen molar-refractivity contribution in [1.29, 1.82) is 0 Å². The number of phenolic OH excluding ortho intramolecular Hbond substituents is 2. The van der Waals surface area contributed by atoms with E-state index < -0.39 is 38.1 Å². The fourth-order valence-electron chi connectivity index (χ4n) is 6.06. The first kappa shape index (κ1) is 37.2. The van der Waals surface area contributed by atoms with E-state index in [-0.39, 0.29) is 54.0 Å². The van der Waals surface area contributed by atoms with E-state index in [4.69, 9.17) is 0 Å². The molecule has 0 fully saturated rings. The van der Waals surface area contributed by atoms with Crippen molar-refractivity contribution in [2.24, 2.45) is 0 Å². The van der Waals surface area contributed by atoms with Gasteiger partial charge in [-0.15, -0.1) is 0 Å². The molecule has 54 heavy (non-hydrogen) atoms. The zero-order valence-electron chi connectivity index (χ0n) is 28.2. The summed E-state index contributed by atoms with van der Waals surface area (Å²) in [6.45, 7) is 3.21. The maximum atomic E-state index is 13.0. The van der Waals surface area contributed by atoms with Crippen LogP contribution in [0.4, 0.5) is 27.5 Å². The molecule has 15 nitrogen and oxygen atoms in total. The predicted octanol–water partition coefficient (Wildman–Crippen LogP) is 6.28. The van der Waals surface area contributed by atoms with Crippen LogP contribution in [0.1, 0.15) is 31.8 Å². The van der Waals surface area contributed by atoms with Crippen molar-refractivity contribution in [2.75, 3.05) is 10.6 Å². The number of carbonyl (C=O) groups is 3. The van der Waals surface area contributed by atoms with Crippen molar-refractivity contribution in [3.63, 3.8) is 0 Å². The normalized spacial score (nSPS) is 11.6. The van der Waals surface area contributed by atoms with E-state index in [2.05, 4.69) is 21.3 Å². The number of fused-ring (bicyclic) bond motifs is 2. The van der Waals surface area contributed by atoms with Gasteiger partial charge in [-0.25, -0.2) is 4.79 Å². The van der Waals surface area contributed by atoms with Crippen molar-refractivity contribution in [3.8, 4) is 11.5 Å². The number of urea groups is 1. The quantitative estimate of drug-likeness (QED) is 0.0795. The van der Waals surface area contributed by atoms with E-state index in [1.807, 2.05) is 0 Å². The standard InChI is InChI=1S/C37H30N4O11S2/c1-19-17-21(38-27-13-15-31(53(47,48)49)25-5-3-7-29(42)33(25)27)9-11-23(19)35(44)40-37(46)41-36(45)24-12-10-22(18-20(24)2)39-28-14-16-32(54(50,51)52)26-6-4-8-30(43)34(26)28/h3-18,38-39,42-43H,1-2H3,(H,47,48,49)(H,50,51,52)(H2,40,41,44,45,46). The van der Waals surface area contributed by atoms with Gasteiger partial charge < -0.3 is 20.8 Å². The van der Waals surface area contributed by atoms with Crippen LogP contribution in [0.25, 0.3) is 21.5 Å². The molecule has 6 aromatic carbocycles. The first-order chi connectivity index (χ1) is 25.4. The first-order valence-electron chi connectivity index (χ1n) is 15.8. The number of rotatable bonds is 8. The lowest BCUT2D eigenvalue weighted by Gasteiger charge is -2.15. The average molecular weight is 771 g/mol. The topological polar surface area (TPSA) is 249 Å². The van der Waals surface area contributed by atoms with Crippen molar-refractivity contribution < 1.29 is 50.5 Å². The fraction of sp³-hybridized carbons (Fsp3) is 0.0541. The van der Waals surface area contributed by atoms with Gasteiger partial charge >= 0.3 is 6.03 Å². The highest BCUT2D eigenvalue weighted by molar-refractivity contribution is 7.86. The van der Waals surface area contributed by atoms with Crippen LogP contribution in [-0.2, 0) is 20.2 Å². The second kappa shape index (κ2) is 14.1. The third-order valence-corrected chi connectivity index (χ3v) is 10.3. The molecule has 0 heterocycles. The Hall–Kier alpha value is -6.53. The number of nitrogens with one attached hydrogen (secondary N) is 4. The Kier molecular flexibility index (Phi) is 9.74.